The van der Waals surface area contributed by atoms with Crippen LogP contribution < -0.4 is 15.5 Å². The predicted molar refractivity (Wildman–Crippen MR) is 129 cm³/mol. The first kappa shape index (κ1) is 23.7. The van der Waals surface area contributed by atoms with Crippen molar-refractivity contribution in [1.29, 1.82) is 0 Å². The second-order valence-corrected chi connectivity index (χ2v) is 7.53. The number of amides is 3. The van der Waals surface area contributed by atoms with Crippen LogP contribution in [0.2, 0.25) is 0 Å². The van der Waals surface area contributed by atoms with E-state index in [1.54, 1.807) is 24.4 Å². The van der Waals surface area contributed by atoms with Crippen molar-refractivity contribution in [2.75, 3.05) is 16.8 Å². The Kier molecular flexibility index (Phi) is 8.71. The highest BCUT2D eigenvalue weighted by Crippen LogP contribution is 2.17. The number of nitrogens with one attached hydrogen (secondary N) is 2. The Bertz CT molecular complexity index is 1050. The van der Waals surface area contributed by atoms with Gasteiger partial charge in [-0.15, -0.1) is 0 Å². The summed E-state index contributed by atoms with van der Waals surface area (Å²) in [5.74, 6) is -0.450. The molecule has 0 spiro atoms. The van der Waals surface area contributed by atoms with E-state index < -0.39 is 0 Å². The number of anilines is 2. The van der Waals surface area contributed by atoms with Crippen LogP contribution in [0.5, 0.6) is 0 Å². The van der Waals surface area contributed by atoms with Crippen LogP contribution >= 0.6 is 0 Å². The Morgan fingerprint density at radius 1 is 0.818 bits per heavy atom. The molecule has 0 aliphatic rings. The second kappa shape index (κ2) is 12.1. The van der Waals surface area contributed by atoms with Gasteiger partial charge in [0.2, 0.25) is 17.7 Å². The highest BCUT2D eigenvalue weighted by atomic mass is 16.2. The van der Waals surface area contributed by atoms with Crippen molar-refractivity contribution in [3.63, 3.8) is 0 Å². The molecular formula is C26H28N4O3. The molecule has 7 nitrogen and oxygen atoms in total. The Morgan fingerprint density at radius 2 is 1.55 bits per heavy atom. The van der Waals surface area contributed by atoms with Gasteiger partial charge < -0.3 is 15.5 Å². The number of rotatable bonds is 10. The summed E-state index contributed by atoms with van der Waals surface area (Å²) >= 11 is 0. The molecule has 3 rings (SSSR count). The van der Waals surface area contributed by atoms with Crippen LogP contribution in [0.25, 0.3) is 0 Å². The minimum Gasteiger partial charge on any atom is -0.350 e. The molecule has 2 aromatic carbocycles. The topological polar surface area (TPSA) is 91.4 Å². The van der Waals surface area contributed by atoms with Crippen LogP contribution in [-0.4, -0.2) is 29.3 Å². The van der Waals surface area contributed by atoms with Gasteiger partial charge in [-0.3, -0.25) is 14.4 Å². The van der Waals surface area contributed by atoms with Gasteiger partial charge in [0, 0.05) is 31.3 Å². The van der Waals surface area contributed by atoms with Crippen LogP contribution in [0.3, 0.4) is 0 Å². The number of carbonyl (C=O) groups excluding carboxylic acids is 3. The van der Waals surface area contributed by atoms with Gasteiger partial charge in [-0.1, -0.05) is 55.5 Å². The molecule has 7 heteroatoms. The molecule has 170 valence electrons. The minimum absolute atomic E-state index is 0.00934. The zero-order valence-electron chi connectivity index (χ0n) is 18.7. The first-order valence-corrected chi connectivity index (χ1v) is 11.0. The summed E-state index contributed by atoms with van der Waals surface area (Å²) in [6.45, 7) is 2.30. The summed E-state index contributed by atoms with van der Waals surface area (Å²) in [5.41, 5.74) is 2.73. The number of hydrogen-bond donors (Lipinski definition) is 2. The SMILES string of the molecule is CCc1ccc(N(CC(=O)NCc2ccccc2)C(=O)CCC(=O)Nc2ccccn2)cc1. The molecule has 0 saturated heterocycles. The van der Waals surface area contributed by atoms with E-state index in [2.05, 4.69) is 22.5 Å². The Labute approximate surface area is 193 Å². The van der Waals surface area contributed by atoms with Crippen molar-refractivity contribution in [3.05, 3.63) is 90.1 Å². The summed E-state index contributed by atoms with van der Waals surface area (Å²) in [6.07, 6.45) is 2.42. The molecule has 0 fully saturated rings. The van der Waals surface area contributed by atoms with Gasteiger partial charge in [0.15, 0.2) is 0 Å². The molecule has 0 bridgehead atoms. The van der Waals surface area contributed by atoms with E-state index in [0.717, 1.165) is 17.5 Å². The number of pyridine rings is 1. The molecule has 0 radical (unpaired) electrons. The molecule has 0 unspecified atom stereocenters. The van der Waals surface area contributed by atoms with Crippen molar-refractivity contribution in [2.24, 2.45) is 0 Å². The van der Waals surface area contributed by atoms with Crippen LogP contribution in [-0.2, 0) is 27.3 Å². The predicted octanol–water partition coefficient (Wildman–Crippen LogP) is 3.71. The van der Waals surface area contributed by atoms with Crippen molar-refractivity contribution in [2.45, 2.75) is 32.7 Å². The molecule has 0 aliphatic heterocycles. The second-order valence-electron chi connectivity index (χ2n) is 7.53. The van der Waals surface area contributed by atoms with Gasteiger partial charge in [-0.05, 0) is 41.8 Å². The highest BCUT2D eigenvalue weighted by molar-refractivity contribution is 6.01. The molecule has 0 saturated carbocycles. The summed E-state index contributed by atoms with van der Waals surface area (Å²) in [4.78, 5) is 43.3. The van der Waals surface area contributed by atoms with Crippen LogP contribution in [0, 0.1) is 0 Å². The lowest BCUT2D eigenvalue weighted by Gasteiger charge is -2.23. The van der Waals surface area contributed by atoms with Gasteiger partial charge in [-0.2, -0.15) is 0 Å². The third-order valence-electron chi connectivity index (χ3n) is 5.09. The average Bonchev–Trinajstić information content (AvgIpc) is 2.86. The number of hydrogen-bond acceptors (Lipinski definition) is 4. The quantitative estimate of drug-likeness (QED) is 0.499. The lowest BCUT2D eigenvalue weighted by atomic mass is 10.1. The fourth-order valence-electron chi connectivity index (χ4n) is 3.23. The van der Waals surface area contributed by atoms with E-state index in [-0.39, 0.29) is 37.1 Å². The highest BCUT2D eigenvalue weighted by Gasteiger charge is 2.20. The molecule has 33 heavy (non-hydrogen) atoms. The van der Waals surface area contributed by atoms with Crippen molar-refractivity contribution >= 4 is 29.2 Å². The van der Waals surface area contributed by atoms with Crippen LogP contribution in [0.15, 0.2) is 79.0 Å². The van der Waals surface area contributed by atoms with Gasteiger partial charge >= 0.3 is 0 Å². The summed E-state index contributed by atoms with van der Waals surface area (Å²) in [7, 11) is 0. The Balaban J connectivity index is 1.63. The summed E-state index contributed by atoms with van der Waals surface area (Å²) in [5, 5.41) is 5.52. The molecule has 0 atom stereocenters. The average molecular weight is 445 g/mol. The molecular weight excluding hydrogens is 416 g/mol. The van der Waals surface area contributed by atoms with Crippen molar-refractivity contribution < 1.29 is 14.4 Å². The van der Waals surface area contributed by atoms with Gasteiger partial charge in [0.1, 0.15) is 12.4 Å². The minimum atomic E-state index is -0.308. The van der Waals surface area contributed by atoms with E-state index >= 15 is 0 Å². The largest absolute Gasteiger partial charge is 0.350 e. The third-order valence-corrected chi connectivity index (χ3v) is 5.09. The van der Waals surface area contributed by atoms with Gasteiger partial charge in [0.05, 0.1) is 0 Å². The lowest BCUT2D eigenvalue weighted by molar-refractivity contribution is -0.125. The molecule has 3 aromatic rings. The molecule has 2 N–H and O–H groups in total. The van der Waals surface area contributed by atoms with E-state index in [1.165, 1.54) is 4.90 Å². The number of nitrogens with zero attached hydrogens (tertiary/aromatic N) is 2. The molecule has 0 aliphatic carbocycles. The normalized spacial score (nSPS) is 10.3. The Hall–Kier alpha value is -4.00. The number of carbonyl (C=O) groups is 3. The molecule has 1 heterocycles. The first-order valence-electron chi connectivity index (χ1n) is 11.0. The van der Waals surface area contributed by atoms with Crippen LogP contribution in [0.4, 0.5) is 11.5 Å². The molecule has 3 amide bonds. The molecule has 1 aromatic heterocycles. The fraction of sp³-hybridized carbons (Fsp3) is 0.231. The maximum atomic E-state index is 13.0. The number of aromatic nitrogens is 1. The first-order chi connectivity index (χ1) is 16.0. The third kappa shape index (κ3) is 7.57. The monoisotopic (exact) mass is 444 g/mol. The Morgan fingerprint density at radius 3 is 2.21 bits per heavy atom. The fourth-order valence-corrected chi connectivity index (χ4v) is 3.23. The van der Waals surface area contributed by atoms with Crippen LogP contribution in [0.1, 0.15) is 30.9 Å². The van der Waals surface area contributed by atoms with Gasteiger partial charge in [-0.25, -0.2) is 4.98 Å². The van der Waals surface area contributed by atoms with E-state index in [9.17, 15) is 14.4 Å². The van der Waals surface area contributed by atoms with Gasteiger partial charge in [0.25, 0.3) is 0 Å². The zero-order chi connectivity index (χ0) is 23.5. The summed E-state index contributed by atoms with van der Waals surface area (Å²) < 4.78 is 0. The maximum Gasteiger partial charge on any atom is 0.240 e. The smallest absolute Gasteiger partial charge is 0.240 e. The van der Waals surface area contributed by atoms with E-state index in [1.807, 2.05) is 54.6 Å². The van der Waals surface area contributed by atoms with Crippen molar-refractivity contribution in [3.8, 4) is 0 Å². The van der Waals surface area contributed by atoms with E-state index in [0.29, 0.717) is 18.1 Å². The maximum absolute atomic E-state index is 13.0. The standard InChI is InChI=1S/C26H28N4O3/c1-2-20-11-13-22(14-12-20)30(19-25(32)28-18-21-8-4-3-5-9-21)26(33)16-15-24(31)29-23-10-6-7-17-27-23/h3-14,17H,2,15-16,18-19H2,1H3,(H,28,32)(H,27,29,31). The number of aryl methyl sites for hydroxylation is 1. The number of benzene rings is 2. The summed E-state index contributed by atoms with van der Waals surface area (Å²) in [6, 6.07) is 22.3. The lowest BCUT2D eigenvalue weighted by Crippen LogP contribution is -2.41. The zero-order valence-corrected chi connectivity index (χ0v) is 18.7. The van der Waals surface area contributed by atoms with E-state index in [4.69, 9.17) is 0 Å². The van der Waals surface area contributed by atoms with Crippen molar-refractivity contribution in [1.82, 2.24) is 10.3 Å².